The van der Waals surface area contributed by atoms with E-state index in [9.17, 15) is 18.3 Å². The van der Waals surface area contributed by atoms with Crippen molar-refractivity contribution in [3.63, 3.8) is 0 Å². The van der Waals surface area contributed by atoms with Gasteiger partial charge in [0.25, 0.3) is 6.43 Å². The molecule has 0 radical (unpaired) electrons. The molecule has 0 amide bonds. The Balaban J connectivity index is 2.15. The highest BCUT2D eigenvalue weighted by molar-refractivity contribution is 5.66. The lowest BCUT2D eigenvalue weighted by molar-refractivity contribution is -0.211. The van der Waals surface area contributed by atoms with Gasteiger partial charge in [0.15, 0.2) is 11.6 Å². The number of benzene rings is 1. The van der Waals surface area contributed by atoms with Crippen molar-refractivity contribution < 1.29 is 23.4 Å². The van der Waals surface area contributed by atoms with Crippen molar-refractivity contribution in [2.75, 3.05) is 5.73 Å². The number of nitrogens with zero attached hydrogens (tertiary/aromatic N) is 5. The molecule has 0 aliphatic heterocycles. The van der Waals surface area contributed by atoms with Crippen LogP contribution in [0.4, 0.5) is 19.0 Å². The molecule has 2 unspecified atom stereocenters. The van der Waals surface area contributed by atoms with E-state index < -0.39 is 23.9 Å². The van der Waals surface area contributed by atoms with E-state index in [-0.39, 0.29) is 17.3 Å². The molecule has 2 heterocycles. The largest absolute Gasteiger partial charge is 0.381 e. The fourth-order valence-electron chi connectivity index (χ4n) is 2.52. The highest BCUT2D eigenvalue weighted by Gasteiger charge is 2.47. The van der Waals surface area contributed by atoms with Crippen molar-refractivity contribution in [3.05, 3.63) is 48.2 Å². The number of nitrogens with two attached hydrogens (primary N) is 1. The van der Waals surface area contributed by atoms with Crippen LogP contribution in [0.5, 0.6) is 0 Å². The third-order valence-corrected chi connectivity index (χ3v) is 4.09. The maximum atomic E-state index is 13.4. The predicted octanol–water partition coefficient (Wildman–Crippen LogP) is 1.36. The van der Waals surface area contributed by atoms with Gasteiger partial charge in [0.1, 0.15) is 12.7 Å². The van der Waals surface area contributed by atoms with E-state index in [0.717, 1.165) is 12.1 Å². The average molecular weight is 380 g/mol. The van der Waals surface area contributed by atoms with Crippen molar-refractivity contribution in [3.8, 4) is 17.1 Å². The summed E-state index contributed by atoms with van der Waals surface area (Å²) in [6.45, 7) is 1.67. The topological polar surface area (TPSA) is 123 Å². The lowest BCUT2D eigenvalue weighted by atomic mass is 9.90. The van der Waals surface area contributed by atoms with Crippen LogP contribution in [-0.4, -0.2) is 47.7 Å². The molecule has 1 aromatic carbocycles. The second-order valence-corrected chi connectivity index (χ2v) is 5.80. The van der Waals surface area contributed by atoms with Gasteiger partial charge in [-0.2, -0.15) is 9.78 Å². The number of aliphatic hydroxyl groups excluding tert-OH is 1. The molecule has 142 valence electrons. The minimum atomic E-state index is -3.56. The molecule has 0 bridgehead atoms. The Morgan fingerprint density at radius 1 is 1.26 bits per heavy atom. The molecule has 2 aromatic heterocycles. The fraction of sp³-hybridized carbons (Fsp3) is 0.250. The normalized spacial score (nSPS) is 14.9. The lowest BCUT2D eigenvalue weighted by Crippen LogP contribution is -2.43. The molecule has 0 spiro atoms. The van der Waals surface area contributed by atoms with Crippen LogP contribution in [0.1, 0.15) is 11.1 Å². The minimum Gasteiger partial charge on any atom is -0.381 e. The van der Waals surface area contributed by atoms with Crippen LogP contribution in [0.2, 0.25) is 0 Å². The Bertz CT molecular complexity index is 941. The molecule has 0 saturated carbocycles. The first-order chi connectivity index (χ1) is 12.7. The Morgan fingerprint density at radius 3 is 2.59 bits per heavy atom. The van der Waals surface area contributed by atoms with Crippen molar-refractivity contribution in [1.82, 2.24) is 24.7 Å². The number of halogens is 3. The fourth-order valence-corrected chi connectivity index (χ4v) is 2.52. The highest BCUT2D eigenvalue weighted by atomic mass is 19.3. The van der Waals surface area contributed by atoms with Gasteiger partial charge in [0, 0.05) is 5.56 Å². The molecule has 4 N–H and O–H groups in total. The number of rotatable bonds is 5. The van der Waals surface area contributed by atoms with Crippen LogP contribution in [0, 0.1) is 6.92 Å². The van der Waals surface area contributed by atoms with Crippen molar-refractivity contribution in [2.45, 2.75) is 25.3 Å². The maximum Gasteiger partial charge on any atom is 0.276 e. The molecule has 3 aromatic rings. The van der Waals surface area contributed by atoms with Crippen LogP contribution >= 0.6 is 0 Å². The van der Waals surface area contributed by atoms with E-state index in [1.807, 2.05) is 0 Å². The Labute approximate surface area is 151 Å². The van der Waals surface area contributed by atoms with E-state index in [4.69, 9.17) is 10.8 Å². The zero-order valence-electron chi connectivity index (χ0n) is 14.0. The summed E-state index contributed by atoms with van der Waals surface area (Å²) in [5.41, 5.74) is 3.01. The number of aryl methyl sites for hydroxylation is 1. The maximum absolute atomic E-state index is 13.4. The molecular formula is C16H15F3N6O2. The van der Waals surface area contributed by atoms with Gasteiger partial charge < -0.3 is 15.9 Å². The summed E-state index contributed by atoms with van der Waals surface area (Å²) in [6, 6.07) is 3.63. The zero-order chi connectivity index (χ0) is 19.8. The van der Waals surface area contributed by atoms with Crippen LogP contribution in [0.3, 0.4) is 0 Å². The summed E-state index contributed by atoms with van der Waals surface area (Å²) in [6.07, 6.45) is -2.82. The second-order valence-electron chi connectivity index (χ2n) is 5.80. The third-order valence-electron chi connectivity index (χ3n) is 4.09. The second kappa shape index (κ2) is 6.93. The van der Waals surface area contributed by atoms with Crippen LogP contribution < -0.4 is 5.73 Å². The first-order valence-corrected chi connectivity index (χ1v) is 7.66. The van der Waals surface area contributed by atoms with Crippen molar-refractivity contribution in [2.24, 2.45) is 0 Å². The number of hydrogen-bond acceptors (Lipinski definition) is 7. The van der Waals surface area contributed by atoms with Gasteiger partial charge in [-0.3, -0.25) is 0 Å². The summed E-state index contributed by atoms with van der Waals surface area (Å²) >= 11 is 0. The number of hydrogen-bond donors (Lipinski definition) is 3. The van der Waals surface area contributed by atoms with Gasteiger partial charge in [-0.15, -0.1) is 0 Å². The van der Waals surface area contributed by atoms with Crippen LogP contribution in [0.25, 0.3) is 17.1 Å². The molecule has 2 atom stereocenters. The van der Waals surface area contributed by atoms with Gasteiger partial charge in [0.05, 0.1) is 11.9 Å². The molecule has 3 rings (SSSR count). The Hall–Kier alpha value is -3.05. The average Bonchev–Trinajstić information content (AvgIpc) is 3.16. The number of anilines is 1. The van der Waals surface area contributed by atoms with E-state index in [2.05, 4.69) is 20.1 Å². The monoisotopic (exact) mass is 380 g/mol. The Kier molecular flexibility index (Phi) is 4.81. The quantitative estimate of drug-likeness (QED) is 0.611. The molecule has 27 heavy (non-hydrogen) atoms. The molecule has 0 saturated heterocycles. The van der Waals surface area contributed by atoms with Crippen molar-refractivity contribution in [1.29, 1.82) is 0 Å². The Morgan fingerprint density at radius 2 is 2.00 bits per heavy atom. The molecule has 11 heteroatoms. The summed E-state index contributed by atoms with van der Waals surface area (Å²) in [7, 11) is 0. The first kappa shape index (κ1) is 18.7. The van der Waals surface area contributed by atoms with Gasteiger partial charge in [-0.25, -0.2) is 28.1 Å². The zero-order valence-corrected chi connectivity index (χ0v) is 14.0. The van der Waals surface area contributed by atoms with E-state index in [0.29, 0.717) is 11.1 Å². The molecule has 0 aliphatic rings. The molecule has 0 aliphatic carbocycles. The van der Waals surface area contributed by atoms with Gasteiger partial charge >= 0.3 is 0 Å². The van der Waals surface area contributed by atoms with Gasteiger partial charge in [-0.05, 0) is 24.1 Å². The van der Waals surface area contributed by atoms with Crippen molar-refractivity contribution >= 4 is 5.82 Å². The number of nitrogen functional groups attached to an aromatic ring is 1. The smallest absolute Gasteiger partial charge is 0.276 e. The van der Waals surface area contributed by atoms with E-state index >= 15 is 0 Å². The summed E-state index contributed by atoms with van der Waals surface area (Å²) < 4.78 is 41.1. The molecule has 0 fully saturated rings. The van der Waals surface area contributed by atoms with Gasteiger partial charge in [-0.1, -0.05) is 12.1 Å². The highest BCUT2D eigenvalue weighted by Crippen LogP contribution is 2.36. The van der Waals surface area contributed by atoms with E-state index in [1.165, 1.54) is 29.6 Å². The summed E-state index contributed by atoms with van der Waals surface area (Å²) in [5, 5.41) is 23.0. The SMILES string of the molecule is Cc1ccc(C(O)(C(O)F)C(F)F)cc1-c1cnc(N)c(-n2cncn2)n1. The number of aliphatic hydroxyl groups is 2. The molecule has 8 nitrogen and oxygen atoms in total. The number of alkyl halides is 3. The van der Waals surface area contributed by atoms with E-state index in [1.54, 1.807) is 6.92 Å². The lowest BCUT2D eigenvalue weighted by Gasteiger charge is -2.28. The van der Waals surface area contributed by atoms with Gasteiger partial charge in [0.2, 0.25) is 12.0 Å². The van der Waals surface area contributed by atoms with Crippen LogP contribution in [0.15, 0.2) is 37.1 Å². The number of aromatic nitrogens is 5. The summed E-state index contributed by atoms with van der Waals surface area (Å²) in [4.78, 5) is 12.1. The third kappa shape index (κ3) is 3.22. The minimum absolute atomic E-state index is 0.0568. The predicted molar refractivity (Wildman–Crippen MR) is 88.5 cm³/mol. The van der Waals surface area contributed by atoms with Crippen LogP contribution in [-0.2, 0) is 5.60 Å². The summed E-state index contributed by atoms with van der Waals surface area (Å²) in [5.74, 6) is 0.214. The first-order valence-electron chi connectivity index (χ1n) is 7.66. The molecular weight excluding hydrogens is 365 g/mol. The standard InChI is InChI=1S/C16H15F3N6O2/c1-8-2-3-9(16(27,14(17)18)15(19)26)4-10(8)11-5-22-12(20)13(24-11)25-7-21-6-23-25/h2-7,14-15,26-27H,1H3,(H2,20,22).